The molecule has 0 saturated carbocycles. The van der Waals surface area contributed by atoms with Crippen molar-refractivity contribution in [3.05, 3.63) is 110 Å². The summed E-state index contributed by atoms with van der Waals surface area (Å²) in [6.07, 6.45) is 8.96. The minimum Gasteiger partial charge on any atom is -0.458 e. The summed E-state index contributed by atoms with van der Waals surface area (Å²) in [4.78, 5) is 4.60. The average molecular weight is 416 g/mol. The Bertz CT molecular complexity index is 1560. The highest BCUT2D eigenvalue weighted by Crippen LogP contribution is 2.34. The maximum Gasteiger partial charge on any atom is 0.243 e. The van der Waals surface area contributed by atoms with Crippen LogP contribution in [-0.4, -0.2) is 14.1 Å². The number of nitrogens with zero attached hydrogens (tertiary/aromatic N) is 4. The van der Waals surface area contributed by atoms with E-state index in [2.05, 4.69) is 52.3 Å². The zero-order chi connectivity index (χ0) is 21.5. The van der Waals surface area contributed by atoms with Gasteiger partial charge in [-0.1, -0.05) is 36.4 Å². The fraction of sp³-hybridized carbons (Fsp3) is 0.0370. The summed E-state index contributed by atoms with van der Waals surface area (Å²) in [6, 6.07) is 28.6. The van der Waals surface area contributed by atoms with Gasteiger partial charge in [-0.2, -0.15) is 0 Å². The Morgan fingerprint density at radius 3 is 2.50 bits per heavy atom. The van der Waals surface area contributed by atoms with Gasteiger partial charge in [0, 0.05) is 35.4 Å². The number of pyridine rings is 1. The molecule has 0 aliphatic carbocycles. The van der Waals surface area contributed by atoms with Crippen LogP contribution < -0.4 is 9.30 Å². The number of aromatic nitrogens is 4. The summed E-state index contributed by atoms with van der Waals surface area (Å²) >= 11 is 0. The minimum atomic E-state index is 0.770. The van der Waals surface area contributed by atoms with Crippen LogP contribution in [0.1, 0.15) is 0 Å². The van der Waals surface area contributed by atoms with Crippen LogP contribution in [0.2, 0.25) is 0 Å². The van der Waals surface area contributed by atoms with E-state index in [4.69, 9.17) is 4.74 Å². The Labute approximate surface area is 185 Å². The SMILES string of the molecule is Cn1[c-][n+](-c2cccc(Oc3ccc4c5ccccc5n(-c5ccccn5)c4c3)c2)cc1. The number of rotatable bonds is 4. The average Bonchev–Trinajstić information content (AvgIpc) is 3.41. The number of ether oxygens (including phenoxy) is 1. The van der Waals surface area contributed by atoms with E-state index in [1.807, 2.05) is 83.3 Å². The minimum absolute atomic E-state index is 0.770. The molecular formula is C27H20N4O. The molecule has 3 heterocycles. The lowest BCUT2D eigenvalue weighted by atomic mass is 10.1. The number of aryl methyl sites for hydroxylation is 1. The number of benzene rings is 3. The summed E-state index contributed by atoms with van der Waals surface area (Å²) < 4.78 is 12.3. The number of para-hydroxylation sites is 1. The van der Waals surface area contributed by atoms with Gasteiger partial charge < -0.3 is 13.9 Å². The number of fused-ring (bicyclic) bond motifs is 3. The Morgan fingerprint density at radius 1 is 0.812 bits per heavy atom. The third-order valence-electron chi connectivity index (χ3n) is 5.56. The molecule has 154 valence electrons. The summed E-state index contributed by atoms with van der Waals surface area (Å²) in [6.45, 7) is 0. The van der Waals surface area contributed by atoms with E-state index < -0.39 is 0 Å². The third kappa shape index (κ3) is 3.11. The summed E-state index contributed by atoms with van der Waals surface area (Å²) in [7, 11) is 1.95. The van der Waals surface area contributed by atoms with Crippen LogP contribution in [0.5, 0.6) is 11.5 Å². The van der Waals surface area contributed by atoms with Crippen LogP contribution in [0, 0.1) is 6.33 Å². The van der Waals surface area contributed by atoms with Gasteiger partial charge >= 0.3 is 0 Å². The highest BCUT2D eigenvalue weighted by molar-refractivity contribution is 6.09. The summed E-state index contributed by atoms with van der Waals surface area (Å²) in [5, 5.41) is 2.36. The van der Waals surface area contributed by atoms with Gasteiger partial charge in [-0.05, 0) is 42.5 Å². The van der Waals surface area contributed by atoms with Gasteiger partial charge in [0.05, 0.1) is 23.8 Å². The molecule has 3 aromatic carbocycles. The fourth-order valence-electron chi connectivity index (χ4n) is 4.13. The number of hydrogen-bond donors (Lipinski definition) is 0. The molecule has 0 spiro atoms. The molecule has 6 rings (SSSR count). The van der Waals surface area contributed by atoms with Crippen LogP contribution >= 0.6 is 0 Å². The lowest BCUT2D eigenvalue weighted by Gasteiger charge is -2.10. The first-order chi connectivity index (χ1) is 15.8. The Hall–Kier alpha value is -4.38. The standard InChI is InChI=1S/C27H20N4O/c1-29-15-16-30(19-29)20-7-6-8-21(17-20)32-22-12-13-24-23-9-2-3-10-25(23)31(26(24)18-22)27-11-4-5-14-28-27/h2-18H,1H3. The Balaban J connectivity index is 1.46. The lowest BCUT2D eigenvalue weighted by Crippen LogP contribution is -2.27. The van der Waals surface area contributed by atoms with E-state index >= 15 is 0 Å². The van der Waals surface area contributed by atoms with E-state index in [-0.39, 0.29) is 0 Å². The largest absolute Gasteiger partial charge is 0.458 e. The van der Waals surface area contributed by atoms with Crippen molar-refractivity contribution in [3.8, 4) is 23.0 Å². The van der Waals surface area contributed by atoms with Gasteiger partial charge in [-0.25, -0.2) is 4.98 Å². The van der Waals surface area contributed by atoms with Crippen molar-refractivity contribution in [1.29, 1.82) is 0 Å². The molecule has 0 N–H and O–H groups in total. The molecule has 0 fully saturated rings. The van der Waals surface area contributed by atoms with Crippen molar-refractivity contribution in [2.24, 2.45) is 7.05 Å². The van der Waals surface area contributed by atoms with Crippen molar-refractivity contribution in [2.75, 3.05) is 0 Å². The van der Waals surface area contributed by atoms with Crippen LogP contribution in [0.25, 0.3) is 33.3 Å². The number of hydrogen-bond acceptors (Lipinski definition) is 2. The quantitative estimate of drug-likeness (QED) is 0.285. The molecule has 0 saturated heterocycles. The van der Waals surface area contributed by atoms with E-state index in [0.29, 0.717) is 0 Å². The number of imidazole rings is 1. The van der Waals surface area contributed by atoms with Gasteiger partial charge in [0.15, 0.2) is 0 Å². The van der Waals surface area contributed by atoms with E-state index in [0.717, 1.165) is 34.0 Å². The molecule has 0 amide bonds. The lowest BCUT2D eigenvalue weighted by molar-refractivity contribution is -0.599. The second kappa shape index (κ2) is 7.39. The van der Waals surface area contributed by atoms with Crippen molar-refractivity contribution in [3.63, 3.8) is 0 Å². The van der Waals surface area contributed by atoms with Crippen molar-refractivity contribution in [2.45, 2.75) is 0 Å². The first kappa shape index (κ1) is 18.4. The fourth-order valence-corrected chi connectivity index (χ4v) is 4.13. The predicted molar refractivity (Wildman–Crippen MR) is 124 cm³/mol. The first-order valence-electron chi connectivity index (χ1n) is 10.5. The van der Waals surface area contributed by atoms with Gasteiger partial charge in [-0.3, -0.25) is 4.57 Å². The molecule has 3 aromatic heterocycles. The molecule has 0 atom stereocenters. The molecule has 0 bridgehead atoms. The smallest absolute Gasteiger partial charge is 0.243 e. The topological polar surface area (TPSA) is 35.9 Å². The summed E-state index contributed by atoms with van der Waals surface area (Å²) in [5.41, 5.74) is 3.17. The summed E-state index contributed by atoms with van der Waals surface area (Å²) in [5.74, 6) is 2.43. The third-order valence-corrected chi connectivity index (χ3v) is 5.56. The molecule has 5 heteroatoms. The Morgan fingerprint density at radius 2 is 1.66 bits per heavy atom. The second-order valence-electron chi connectivity index (χ2n) is 7.70. The van der Waals surface area contributed by atoms with E-state index in [9.17, 15) is 0 Å². The first-order valence-corrected chi connectivity index (χ1v) is 10.5. The molecule has 0 radical (unpaired) electrons. The highest BCUT2D eigenvalue weighted by Gasteiger charge is 2.13. The van der Waals surface area contributed by atoms with Gasteiger partial charge in [-0.15, -0.1) is 0 Å². The van der Waals surface area contributed by atoms with Crippen LogP contribution in [0.4, 0.5) is 0 Å². The molecule has 0 unspecified atom stereocenters. The van der Waals surface area contributed by atoms with Crippen molar-refractivity contribution < 1.29 is 9.30 Å². The van der Waals surface area contributed by atoms with E-state index in [1.54, 1.807) is 0 Å². The monoisotopic (exact) mass is 416 g/mol. The maximum atomic E-state index is 6.27. The van der Waals surface area contributed by atoms with Crippen LogP contribution in [0.3, 0.4) is 0 Å². The maximum absolute atomic E-state index is 6.27. The normalized spacial score (nSPS) is 11.3. The highest BCUT2D eigenvalue weighted by atomic mass is 16.5. The molecule has 32 heavy (non-hydrogen) atoms. The Kier molecular flexibility index (Phi) is 4.25. The molecular weight excluding hydrogens is 396 g/mol. The molecule has 0 aliphatic rings. The molecule has 5 nitrogen and oxygen atoms in total. The van der Waals surface area contributed by atoms with Crippen molar-refractivity contribution >= 4 is 21.8 Å². The van der Waals surface area contributed by atoms with Gasteiger partial charge in [0.2, 0.25) is 6.33 Å². The van der Waals surface area contributed by atoms with Gasteiger partial charge in [0.1, 0.15) is 17.3 Å². The van der Waals surface area contributed by atoms with Crippen molar-refractivity contribution in [1.82, 2.24) is 14.1 Å². The zero-order valence-corrected chi connectivity index (χ0v) is 17.5. The van der Waals surface area contributed by atoms with Crippen LogP contribution in [-0.2, 0) is 7.05 Å². The van der Waals surface area contributed by atoms with E-state index in [1.165, 1.54) is 10.8 Å². The second-order valence-corrected chi connectivity index (χ2v) is 7.70. The predicted octanol–water partition coefficient (Wildman–Crippen LogP) is 5.39. The van der Waals surface area contributed by atoms with Crippen LogP contribution in [0.15, 0.2) is 104 Å². The van der Waals surface area contributed by atoms with Gasteiger partial charge in [0.25, 0.3) is 0 Å². The zero-order valence-electron chi connectivity index (χ0n) is 17.5. The molecule has 6 aromatic rings. The molecule has 0 aliphatic heterocycles.